The first kappa shape index (κ1) is 24.0. The van der Waals surface area contributed by atoms with Crippen LogP contribution in [0.4, 0.5) is 0 Å². The molecule has 4 aromatic rings. The second kappa shape index (κ2) is 11.3. The molecule has 4 rings (SSSR count). The first-order chi connectivity index (χ1) is 17.0. The Morgan fingerprint density at radius 2 is 1.63 bits per heavy atom. The van der Waals surface area contributed by atoms with Crippen molar-refractivity contribution in [1.82, 2.24) is 5.32 Å². The Kier molecular flexibility index (Phi) is 7.78. The number of carboxylic acid groups (broad SMARTS) is 1. The van der Waals surface area contributed by atoms with Crippen LogP contribution in [0.5, 0.6) is 11.5 Å². The van der Waals surface area contributed by atoms with Crippen LogP contribution in [0.2, 0.25) is 0 Å². The Balaban J connectivity index is 1.63. The van der Waals surface area contributed by atoms with E-state index < -0.39 is 5.97 Å². The van der Waals surface area contributed by atoms with E-state index in [1.165, 1.54) is 0 Å². The molecule has 178 valence electrons. The number of ether oxygens (including phenoxy) is 1. The number of benzene rings is 4. The number of aryl methyl sites for hydroxylation is 1. The van der Waals surface area contributed by atoms with Crippen molar-refractivity contribution in [3.8, 4) is 11.5 Å². The van der Waals surface area contributed by atoms with Gasteiger partial charge in [-0.2, -0.15) is 0 Å². The molecule has 0 fully saturated rings. The van der Waals surface area contributed by atoms with Crippen LogP contribution in [-0.2, 0) is 11.2 Å². The van der Waals surface area contributed by atoms with Crippen LogP contribution in [0.3, 0.4) is 0 Å². The van der Waals surface area contributed by atoms with E-state index in [0.29, 0.717) is 29.9 Å². The fourth-order valence-corrected chi connectivity index (χ4v) is 4.29. The van der Waals surface area contributed by atoms with E-state index in [4.69, 9.17) is 9.84 Å². The topological polar surface area (TPSA) is 75.6 Å². The van der Waals surface area contributed by atoms with Gasteiger partial charge in [-0.05, 0) is 65.4 Å². The highest BCUT2D eigenvalue weighted by Crippen LogP contribution is 2.29. The molecule has 35 heavy (non-hydrogen) atoms. The quantitative estimate of drug-likeness (QED) is 0.265. The maximum Gasteiger partial charge on any atom is 0.303 e. The van der Waals surface area contributed by atoms with Crippen molar-refractivity contribution in [1.29, 1.82) is 0 Å². The average Bonchev–Trinajstić information content (AvgIpc) is 2.88. The van der Waals surface area contributed by atoms with Gasteiger partial charge in [-0.25, -0.2) is 0 Å². The second-order valence-electron chi connectivity index (χ2n) is 8.48. The summed E-state index contributed by atoms with van der Waals surface area (Å²) in [6.45, 7) is 2.05. The van der Waals surface area contributed by atoms with E-state index in [9.17, 15) is 9.59 Å². The number of para-hydroxylation sites is 1. The number of rotatable bonds is 10. The molecule has 0 heterocycles. The minimum Gasteiger partial charge on any atom is -0.481 e. The van der Waals surface area contributed by atoms with Gasteiger partial charge < -0.3 is 15.2 Å². The molecule has 1 unspecified atom stereocenters. The Hall–Kier alpha value is -4.12. The summed E-state index contributed by atoms with van der Waals surface area (Å²) in [6, 6.07) is 28.9. The molecule has 0 spiro atoms. The molecule has 0 aliphatic heterocycles. The Bertz CT molecular complexity index is 1310. The molecule has 4 aromatic carbocycles. The number of aliphatic carboxylic acids is 1. The van der Waals surface area contributed by atoms with Crippen molar-refractivity contribution < 1.29 is 19.4 Å². The Morgan fingerprint density at radius 3 is 2.40 bits per heavy atom. The van der Waals surface area contributed by atoms with E-state index in [1.807, 2.05) is 60.7 Å². The summed E-state index contributed by atoms with van der Waals surface area (Å²) >= 11 is 0. The molecule has 0 aromatic heterocycles. The zero-order valence-corrected chi connectivity index (χ0v) is 19.7. The first-order valence-electron chi connectivity index (χ1n) is 11.9. The minimum absolute atomic E-state index is 0.0525. The van der Waals surface area contributed by atoms with Gasteiger partial charge in [-0.15, -0.1) is 0 Å². The molecule has 1 amide bonds. The third-order valence-electron chi connectivity index (χ3n) is 6.05. The van der Waals surface area contributed by atoms with E-state index >= 15 is 0 Å². The monoisotopic (exact) mass is 467 g/mol. The van der Waals surface area contributed by atoms with Crippen LogP contribution in [0, 0.1) is 0 Å². The van der Waals surface area contributed by atoms with Gasteiger partial charge in [0.2, 0.25) is 0 Å². The molecule has 2 N–H and O–H groups in total. The number of fused-ring (bicyclic) bond motifs is 1. The number of carbonyl (C=O) groups excluding carboxylic acids is 1. The second-order valence-corrected chi connectivity index (χ2v) is 8.48. The zero-order chi connectivity index (χ0) is 24.6. The molecular weight excluding hydrogens is 438 g/mol. The number of hydrogen-bond acceptors (Lipinski definition) is 3. The third kappa shape index (κ3) is 6.07. The van der Waals surface area contributed by atoms with E-state index in [1.54, 1.807) is 6.07 Å². The maximum atomic E-state index is 13.6. The van der Waals surface area contributed by atoms with Gasteiger partial charge in [0, 0.05) is 12.0 Å². The SMILES string of the molecule is CCC(NC(=O)c1cc(Oc2ccccc2)ccc1CCCC(=O)O)c1cccc2ccccc12. The van der Waals surface area contributed by atoms with Gasteiger partial charge in [0.15, 0.2) is 0 Å². The molecule has 0 saturated carbocycles. The Labute approximate surface area is 205 Å². The minimum atomic E-state index is -0.845. The standard InChI is InChI=1S/C30H29NO4/c1-2-28(26-16-8-11-21-10-6-7-15-25(21)26)31-30(34)27-20-24(35-23-13-4-3-5-14-23)19-18-22(27)12-9-17-29(32)33/h3-8,10-11,13-16,18-20,28H,2,9,12,17H2,1H3,(H,31,34)(H,32,33). The number of carbonyl (C=O) groups is 2. The van der Waals surface area contributed by atoms with Gasteiger partial charge in [0.25, 0.3) is 5.91 Å². The third-order valence-corrected chi connectivity index (χ3v) is 6.05. The number of hydrogen-bond donors (Lipinski definition) is 2. The summed E-state index contributed by atoms with van der Waals surface area (Å²) in [5, 5.41) is 14.5. The average molecular weight is 468 g/mol. The normalized spacial score (nSPS) is 11.7. The van der Waals surface area contributed by atoms with Crippen LogP contribution in [-0.4, -0.2) is 17.0 Å². The summed E-state index contributed by atoms with van der Waals surface area (Å²) in [7, 11) is 0. The van der Waals surface area contributed by atoms with Crippen LogP contribution in [0.25, 0.3) is 10.8 Å². The van der Waals surface area contributed by atoms with Crippen LogP contribution in [0.15, 0.2) is 91.0 Å². The zero-order valence-electron chi connectivity index (χ0n) is 19.7. The smallest absolute Gasteiger partial charge is 0.303 e. The lowest BCUT2D eigenvalue weighted by molar-refractivity contribution is -0.137. The molecule has 5 nitrogen and oxygen atoms in total. The van der Waals surface area contributed by atoms with E-state index in [0.717, 1.165) is 28.3 Å². The lowest BCUT2D eigenvalue weighted by Gasteiger charge is -2.21. The van der Waals surface area contributed by atoms with Gasteiger partial charge in [-0.3, -0.25) is 9.59 Å². The lowest BCUT2D eigenvalue weighted by Crippen LogP contribution is -2.29. The van der Waals surface area contributed by atoms with Crippen molar-refractivity contribution in [3.05, 3.63) is 108 Å². The summed E-state index contributed by atoms with van der Waals surface area (Å²) < 4.78 is 5.97. The van der Waals surface area contributed by atoms with Crippen molar-refractivity contribution in [2.24, 2.45) is 0 Å². The highest BCUT2D eigenvalue weighted by Gasteiger charge is 2.19. The van der Waals surface area contributed by atoms with Crippen LogP contribution < -0.4 is 10.1 Å². The largest absolute Gasteiger partial charge is 0.481 e. The predicted octanol–water partition coefficient (Wildman–Crippen LogP) is 6.92. The van der Waals surface area contributed by atoms with Crippen molar-refractivity contribution in [3.63, 3.8) is 0 Å². The Morgan fingerprint density at radius 1 is 0.886 bits per heavy atom. The van der Waals surface area contributed by atoms with E-state index in [-0.39, 0.29) is 18.4 Å². The molecule has 0 aliphatic rings. The van der Waals surface area contributed by atoms with Gasteiger partial charge in [0.05, 0.1) is 6.04 Å². The molecule has 1 atom stereocenters. The maximum absolute atomic E-state index is 13.6. The van der Waals surface area contributed by atoms with E-state index in [2.05, 4.69) is 36.5 Å². The van der Waals surface area contributed by atoms with Crippen molar-refractivity contribution >= 4 is 22.6 Å². The van der Waals surface area contributed by atoms with Crippen molar-refractivity contribution in [2.45, 2.75) is 38.6 Å². The molecule has 0 aliphatic carbocycles. The molecule has 0 saturated heterocycles. The van der Waals surface area contributed by atoms with Crippen molar-refractivity contribution in [2.75, 3.05) is 0 Å². The fourth-order valence-electron chi connectivity index (χ4n) is 4.29. The van der Waals surface area contributed by atoms with Gasteiger partial charge in [0.1, 0.15) is 11.5 Å². The summed E-state index contributed by atoms with van der Waals surface area (Å²) in [5.74, 6) is 0.192. The van der Waals surface area contributed by atoms with Gasteiger partial charge in [-0.1, -0.05) is 73.7 Å². The lowest BCUT2D eigenvalue weighted by atomic mass is 9.96. The first-order valence-corrected chi connectivity index (χ1v) is 11.9. The molecule has 0 bridgehead atoms. The summed E-state index contributed by atoms with van der Waals surface area (Å²) in [4.78, 5) is 24.6. The molecular formula is C30H29NO4. The van der Waals surface area contributed by atoms with Crippen LogP contribution >= 0.6 is 0 Å². The van der Waals surface area contributed by atoms with Gasteiger partial charge >= 0.3 is 5.97 Å². The summed E-state index contributed by atoms with van der Waals surface area (Å²) in [5.41, 5.74) is 2.38. The fraction of sp³-hybridized carbons (Fsp3) is 0.200. The van der Waals surface area contributed by atoms with Crippen LogP contribution in [0.1, 0.15) is 53.7 Å². The number of carboxylic acids is 1. The molecule has 0 radical (unpaired) electrons. The number of amides is 1. The highest BCUT2D eigenvalue weighted by atomic mass is 16.5. The predicted molar refractivity (Wildman–Crippen MR) is 138 cm³/mol. The highest BCUT2D eigenvalue weighted by molar-refractivity contribution is 5.97. The number of nitrogens with one attached hydrogen (secondary N) is 1. The summed E-state index contributed by atoms with van der Waals surface area (Å²) in [6.07, 6.45) is 1.73. The molecule has 5 heteroatoms.